The lowest BCUT2D eigenvalue weighted by atomic mass is 10.0. The summed E-state index contributed by atoms with van der Waals surface area (Å²) < 4.78 is 0. The van der Waals surface area contributed by atoms with Crippen molar-refractivity contribution >= 4 is 11.8 Å². The second-order valence-electron chi connectivity index (χ2n) is 2.90. The second kappa shape index (κ2) is 2.51. The average Bonchev–Trinajstić information content (AvgIpc) is 1.98. The molecule has 0 aromatic heterocycles. The van der Waals surface area contributed by atoms with Crippen LogP contribution in [0.5, 0.6) is 0 Å². The quantitative estimate of drug-likeness (QED) is 0.559. The Hall–Kier alpha value is 0.310. The van der Waals surface area contributed by atoms with E-state index in [4.69, 9.17) is 0 Å². The van der Waals surface area contributed by atoms with Crippen LogP contribution in [0, 0.1) is 5.92 Å². The summed E-state index contributed by atoms with van der Waals surface area (Å²) in [6, 6.07) is 0. The monoisotopic (exact) mass is 146 g/mol. The van der Waals surface area contributed by atoms with Crippen LogP contribution in [-0.2, 0) is 0 Å². The van der Waals surface area contributed by atoms with E-state index in [1.807, 2.05) is 11.8 Å². The summed E-state index contributed by atoms with van der Waals surface area (Å²) in [6.07, 6.45) is -0.0787. The van der Waals surface area contributed by atoms with E-state index < -0.39 is 0 Å². The number of thioether (sulfide) groups is 1. The van der Waals surface area contributed by atoms with E-state index in [1.54, 1.807) is 0 Å². The van der Waals surface area contributed by atoms with E-state index in [0.29, 0.717) is 16.4 Å². The van der Waals surface area contributed by atoms with Crippen LogP contribution in [0.25, 0.3) is 0 Å². The molecule has 1 fully saturated rings. The van der Waals surface area contributed by atoms with Crippen LogP contribution in [0.15, 0.2) is 0 Å². The van der Waals surface area contributed by atoms with Gasteiger partial charge in [-0.25, -0.2) is 0 Å². The maximum atomic E-state index is 9.42. The second-order valence-corrected chi connectivity index (χ2v) is 4.66. The maximum Gasteiger partial charge on any atom is 0.0692 e. The van der Waals surface area contributed by atoms with Crippen LogP contribution in [0.1, 0.15) is 20.8 Å². The van der Waals surface area contributed by atoms with Gasteiger partial charge in [0.15, 0.2) is 0 Å². The molecule has 0 amide bonds. The van der Waals surface area contributed by atoms with Crippen molar-refractivity contribution in [3.8, 4) is 0 Å². The summed E-state index contributed by atoms with van der Waals surface area (Å²) in [6.45, 7) is 6.39. The highest BCUT2D eigenvalue weighted by atomic mass is 32.2. The molecule has 1 heterocycles. The highest BCUT2D eigenvalue weighted by molar-refractivity contribution is 8.00. The first-order valence-corrected chi connectivity index (χ1v) is 4.40. The molecule has 1 aliphatic rings. The average molecular weight is 146 g/mol. The smallest absolute Gasteiger partial charge is 0.0692 e. The zero-order valence-electron chi connectivity index (χ0n) is 6.16. The van der Waals surface area contributed by atoms with Gasteiger partial charge in [0, 0.05) is 10.5 Å². The van der Waals surface area contributed by atoms with Crippen molar-refractivity contribution in [1.29, 1.82) is 0 Å². The van der Waals surface area contributed by atoms with Gasteiger partial charge in [-0.1, -0.05) is 20.8 Å². The molecule has 0 saturated carbocycles. The summed E-state index contributed by atoms with van der Waals surface area (Å²) in [4.78, 5) is 0. The molecule has 0 aromatic rings. The van der Waals surface area contributed by atoms with Gasteiger partial charge < -0.3 is 5.11 Å². The summed E-state index contributed by atoms with van der Waals surface area (Å²) in [7, 11) is 0. The molecule has 1 N–H and O–H groups in total. The van der Waals surface area contributed by atoms with Crippen molar-refractivity contribution in [2.75, 3.05) is 0 Å². The minimum atomic E-state index is -0.0787. The van der Waals surface area contributed by atoms with Crippen molar-refractivity contribution in [1.82, 2.24) is 0 Å². The van der Waals surface area contributed by atoms with Gasteiger partial charge in [-0.2, -0.15) is 11.8 Å². The van der Waals surface area contributed by atoms with E-state index in [-0.39, 0.29) is 6.10 Å². The largest absolute Gasteiger partial charge is 0.392 e. The molecule has 2 heteroatoms. The first kappa shape index (κ1) is 7.42. The van der Waals surface area contributed by atoms with Crippen molar-refractivity contribution in [2.45, 2.75) is 37.4 Å². The number of rotatable bonds is 0. The van der Waals surface area contributed by atoms with Crippen LogP contribution in [0.2, 0.25) is 0 Å². The van der Waals surface area contributed by atoms with Gasteiger partial charge in [-0.15, -0.1) is 0 Å². The van der Waals surface area contributed by atoms with Crippen molar-refractivity contribution in [3.63, 3.8) is 0 Å². The van der Waals surface area contributed by atoms with E-state index in [0.717, 1.165) is 0 Å². The summed E-state index contributed by atoms with van der Waals surface area (Å²) >= 11 is 1.89. The number of aliphatic hydroxyl groups is 1. The highest BCUT2D eigenvalue weighted by Gasteiger charge is 2.34. The summed E-state index contributed by atoms with van der Waals surface area (Å²) in [5.41, 5.74) is 0. The molecular formula is C7H14OS. The summed E-state index contributed by atoms with van der Waals surface area (Å²) in [5, 5.41) is 10.5. The highest BCUT2D eigenvalue weighted by Crippen LogP contribution is 2.37. The third kappa shape index (κ3) is 1.24. The molecule has 1 rings (SSSR count). The Kier molecular flexibility index (Phi) is 2.07. The Morgan fingerprint density at radius 1 is 1.11 bits per heavy atom. The molecule has 4 unspecified atom stereocenters. The van der Waals surface area contributed by atoms with E-state index in [1.165, 1.54) is 0 Å². The summed E-state index contributed by atoms with van der Waals surface area (Å²) in [5.74, 6) is 0.477. The van der Waals surface area contributed by atoms with Gasteiger partial charge in [-0.3, -0.25) is 0 Å². The zero-order chi connectivity index (χ0) is 7.02. The number of hydrogen-bond acceptors (Lipinski definition) is 2. The third-order valence-electron chi connectivity index (χ3n) is 2.19. The molecule has 0 aliphatic carbocycles. The SMILES string of the molecule is CC1SC(C)C(O)C1C. The predicted octanol–water partition coefficient (Wildman–Crippen LogP) is 1.51. The van der Waals surface area contributed by atoms with Crippen LogP contribution >= 0.6 is 11.8 Å². The lowest BCUT2D eigenvalue weighted by molar-refractivity contribution is 0.130. The fourth-order valence-corrected chi connectivity index (χ4v) is 2.74. The van der Waals surface area contributed by atoms with Gasteiger partial charge >= 0.3 is 0 Å². The molecule has 4 atom stereocenters. The standard InChI is InChI=1S/C7H14OS/c1-4-5(2)9-6(3)7(4)8/h4-8H,1-3H3. The fourth-order valence-electron chi connectivity index (χ4n) is 1.25. The molecule has 9 heavy (non-hydrogen) atoms. The molecule has 0 bridgehead atoms. The fraction of sp³-hybridized carbons (Fsp3) is 1.00. The van der Waals surface area contributed by atoms with E-state index in [2.05, 4.69) is 20.8 Å². The normalized spacial score (nSPS) is 52.0. The molecule has 0 aromatic carbocycles. The van der Waals surface area contributed by atoms with Crippen molar-refractivity contribution < 1.29 is 5.11 Å². The minimum Gasteiger partial charge on any atom is -0.392 e. The maximum absolute atomic E-state index is 9.42. The molecule has 0 spiro atoms. The van der Waals surface area contributed by atoms with E-state index in [9.17, 15) is 5.11 Å². The minimum absolute atomic E-state index is 0.0787. The number of aliphatic hydroxyl groups excluding tert-OH is 1. The Bertz CT molecular complexity index is 93.1. The van der Waals surface area contributed by atoms with Gasteiger partial charge in [0.25, 0.3) is 0 Å². The molecule has 1 aliphatic heterocycles. The lowest BCUT2D eigenvalue weighted by Gasteiger charge is -2.11. The van der Waals surface area contributed by atoms with E-state index >= 15 is 0 Å². The zero-order valence-corrected chi connectivity index (χ0v) is 6.98. The Morgan fingerprint density at radius 3 is 1.78 bits per heavy atom. The van der Waals surface area contributed by atoms with Crippen LogP contribution in [0.4, 0.5) is 0 Å². The first-order valence-electron chi connectivity index (χ1n) is 3.46. The Labute approximate surface area is 60.8 Å². The molecule has 0 radical (unpaired) electrons. The van der Waals surface area contributed by atoms with Crippen molar-refractivity contribution in [3.05, 3.63) is 0 Å². The first-order chi connectivity index (χ1) is 4.13. The van der Waals surface area contributed by atoms with Crippen LogP contribution in [0.3, 0.4) is 0 Å². The topological polar surface area (TPSA) is 20.2 Å². The Morgan fingerprint density at radius 2 is 1.67 bits per heavy atom. The van der Waals surface area contributed by atoms with Gasteiger partial charge in [0.2, 0.25) is 0 Å². The van der Waals surface area contributed by atoms with Crippen LogP contribution < -0.4 is 0 Å². The van der Waals surface area contributed by atoms with Gasteiger partial charge in [0.05, 0.1) is 6.10 Å². The molecule has 1 nitrogen and oxygen atoms in total. The van der Waals surface area contributed by atoms with Gasteiger partial charge in [0.1, 0.15) is 0 Å². The third-order valence-corrected chi connectivity index (χ3v) is 3.76. The molecule has 54 valence electrons. The van der Waals surface area contributed by atoms with Crippen molar-refractivity contribution in [2.24, 2.45) is 5.92 Å². The lowest BCUT2D eigenvalue weighted by Crippen LogP contribution is -2.22. The molecular weight excluding hydrogens is 132 g/mol. The Balaban J connectivity index is 2.54. The predicted molar refractivity (Wildman–Crippen MR) is 41.7 cm³/mol. The number of hydrogen-bond donors (Lipinski definition) is 1. The van der Waals surface area contributed by atoms with Gasteiger partial charge in [-0.05, 0) is 5.92 Å². The molecule has 1 saturated heterocycles. The van der Waals surface area contributed by atoms with Crippen LogP contribution in [-0.4, -0.2) is 21.7 Å².